The molecule has 0 unspecified atom stereocenters. The van der Waals surface area contributed by atoms with Gasteiger partial charge in [-0.05, 0) is 79.6 Å². The van der Waals surface area contributed by atoms with Gasteiger partial charge in [0, 0.05) is 6.54 Å². The van der Waals surface area contributed by atoms with E-state index in [9.17, 15) is 4.79 Å². The van der Waals surface area contributed by atoms with Gasteiger partial charge in [0.15, 0.2) is 0 Å². The molecule has 1 heterocycles. The Morgan fingerprint density at radius 1 is 1.00 bits per heavy atom. The Morgan fingerprint density at radius 3 is 2.52 bits per heavy atom. The molecule has 0 radical (unpaired) electrons. The van der Waals surface area contributed by atoms with E-state index in [-0.39, 0.29) is 11.9 Å². The first-order valence-corrected chi connectivity index (χ1v) is 11.0. The van der Waals surface area contributed by atoms with Crippen molar-refractivity contribution >= 4 is 5.91 Å². The number of nitrogens with zero attached hydrogens (tertiary/aromatic N) is 1. The molecule has 1 N–H and O–H groups in total. The Hall–Kier alpha value is -2.33. The number of ether oxygens (including phenoxy) is 1. The lowest BCUT2D eigenvalue weighted by atomic mass is 10.0. The minimum atomic E-state index is 0.110. The van der Waals surface area contributed by atoms with Crippen molar-refractivity contribution in [1.29, 1.82) is 0 Å². The maximum absolute atomic E-state index is 12.7. The van der Waals surface area contributed by atoms with Crippen molar-refractivity contribution in [3.63, 3.8) is 0 Å². The van der Waals surface area contributed by atoms with Gasteiger partial charge in [-0.15, -0.1) is 0 Å². The van der Waals surface area contributed by atoms with Crippen LogP contribution in [0.3, 0.4) is 0 Å². The highest BCUT2D eigenvalue weighted by atomic mass is 16.5. The molecule has 1 saturated heterocycles. The van der Waals surface area contributed by atoms with E-state index in [1.807, 2.05) is 12.1 Å². The number of carbonyl (C=O) groups is 1. The molecule has 0 aromatic heterocycles. The minimum absolute atomic E-state index is 0.110. The van der Waals surface area contributed by atoms with Crippen LogP contribution in [0.2, 0.25) is 0 Å². The summed E-state index contributed by atoms with van der Waals surface area (Å²) in [7, 11) is 1.69. The molecule has 1 amide bonds. The van der Waals surface area contributed by atoms with Gasteiger partial charge in [0.2, 0.25) is 5.91 Å². The van der Waals surface area contributed by atoms with Crippen LogP contribution in [-0.2, 0) is 24.1 Å². The number of fused-ring (bicyclic) bond motifs is 1. The highest BCUT2D eigenvalue weighted by Crippen LogP contribution is 2.26. The predicted octanol–water partition coefficient (Wildman–Crippen LogP) is 4.07. The first-order valence-electron chi connectivity index (χ1n) is 11.0. The second kappa shape index (κ2) is 9.45. The second-order valence-electron chi connectivity index (χ2n) is 8.32. The molecule has 1 fully saturated rings. The number of aryl methyl sites for hydroxylation is 2. The maximum Gasteiger partial charge on any atom is 0.224 e. The molecule has 2 aromatic rings. The van der Waals surface area contributed by atoms with Crippen molar-refractivity contribution in [3.05, 3.63) is 64.7 Å². The van der Waals surface area contributed by atoms with E-state index in [1.165, 1.54) is 48.8 Å². The van der Waals surface area contributed by atoms with E-state index < -0.39 is 0 Å². The first kappa shape index (κ1) is 20.0. The fourth-order valence-corrected chi connectivity index (χ4v) is 4.71. The lowest BCUT2D eigenvalue weighted by molar-refractivity contribution is -0.120. The zero-order chi connectivity index (χ0) is 20.1. The predicted molar refractivity (Wildman–Crippen MR) is 116 cm³/mol. The van der Waals surface area contributed by atoms with Gasteiger partial charge >= 0.3 is 0 Å². The monoisotopic (exact) mass is 392 g/mol. The normalized spacial score (nSPS) is 17.6. The molecule has 1 atom stereocenters. The third-order valence-corrected chi connectivity index (χ3v) is 6.35. The average molecular weight is 393 g/mol. The van der Waals surface area contributed by atoms with Crippen LogP contribution in [0.1, 0.15) is 54.0 Å². The van der Waals surface area contributed by atoms with Crippen molar-refractivity contribution in [1.82, 2.24) is 10.2 Å². The molecule has 154 valence electrons. The highest BCUT2D eigenvalue weighted by molar-refractivity contribution is 5.78. The molecule has 4 rings (SSSR count). The minimum Gasteiger partial charge on any atom is -0.497 e. The van der Waals surface area contributed by atoms with Gasteiger partial charge in [-0.3, -0.25) is 9.69 Å². The van der Waals surface area contributed by atoms with Gasteiger partial charge < -0.3 is 10.1 Å². The molecule has 0 spiro atoms. The van der Waals surface area contributed by atoms with Crippen LogP contribution in [0.4, 0.5) is 0 Å². The van der Waals surface area contributed by atoms with E-state index in [0.29, 0.717) is 13.0 Å². The van der Waals surface area contributed by atoms with Crippen LogP contribution in [0.15, 0.2) is 42.5 Å². The number of piperidine rings is 1. The van der Waals surface area contributed by atoms with E-state index in [1.54, 1.807) is 7.11 Å². The van der Waals surface area contributed by atoms with Gasteiger partial charge in [-0.2, -0.15) is 0 Å². The van der Waals surface area contributed by atoms with Gasteiger partial charge in [-0.1, -0.05) is 36.8 Å². The summed E-state index contributed by atoms with van der Waals surface area (Å²) in [5, 5.41) is 3.21. The summed E-state index contributed by atoms with van der Waals surface area (Å²) in [6.45, 7) is 2.84. The van der Waals surface area contributed by atoms with Gasteiger partial charge in [-0.25, -0.2) is 0 Å². The zero-order valence-electron chi connectivity index (χ0n) is 17.5. The van der Waals surface area contributed by atoms with Crippen LogP contribution in [0.25, 0.3) is 0 Å². The molecule has 2 aromatic carbocycles. The number of amides is 1. The summed E-state index contributed by atoms with van der Waals surface area (Å²) in [5.41, 5.74) is 5.26. The third-order valence-electron chi connectivity index (χ3n) is 6.35. The molecule has 1 aliphatic carbocycles. The van der Waals surface area contributed by atoms with Crippen molar-refractivity contribution in [2.24, 2.45) is 0 Å². The van der Waals surface area contributed by atoms with Crippen LogP contribution in [-0.4, -0.2) is 37.6 Å². The quantitative estimate of drug-likeness (QED) is 0.772. The molecular formula is C25H32N2O2. The number of likely N-dealkylation sites (tertiary alicyclic amines) is 1. The van der Waals surface area contributed by atoms with E-state index in [2.05, 4.69) is 40.5 Å². The molecule has 2 aliphatic rings. The zero-order valence-corrected chi connectivity index (χ0v) is 17.5. The van der Waals surface area contributed by atoms with Gasteiger partial charge in [0.05, 0.1) is 19.6 Å². The number of benzene rings is 2. The summed E-state index contributed by atoms with van der Waals surface area (Å²) in [5.74, 6) is 0.977. The summed E-state index contributed by atoms with van der Waals surface area (Å²) in [6.07, 6.45) is 7.80. The van der Waals surface area contributed by atoms with Crippen LogP contribution < -0.4 is 10.1 Å². The van der Waals surface area contributed by atoms with Crippen LogP contribution >= 0.6 is 0 Å². The summed E-state index contributed by atoms with van der Waals surface area (Å²) in [6, 6.07) is 15.1. The number of rotatable bonds is 7. The highest BCUT2D eigenvalue weighted by Gasteiger charge is 2.23. The summed E-state index contributed by atoms with van der Waals surface area (Å²) in [4.78, 5) is 15.2. The molecule has 29 heavy (non-hydrogen) atoms. The lowest BCUT2D eigenvalue weighted by Crippen LogP contribution is -2.41. The Labute approximate surface area is 174 Å². The number of methoxy groups -OCH3 is 1. The standard InChI is InChI=1S/C25H32N2O2/c1-29-23-12-10-21(11-13-23)24(27-14-3-2-4-15-27)18-26-25(28)17-19-8-9-20-6-5-7-22(20)16-19/h8-13,16,24H,2-7,14-15,17-18H2,1H3,(H,26,28)/t24-/m0/s1. The van der Waals surface area contributed by atoms with Crippen LogP contribution in [0.5, 0.6) is 5.75 Å². The van der Waals surface area contributed by atoms with Crippen molar-refractivity contribution in [2.45, 2.75) is 51.0 Å². The fourth-order valence-electron chi connectivity index (χ4n) is 4.71. The topological polar surface area (TPSA) is 41.6 Å². The Morgan fingerprint density at radius 2 is 1.76 bits per heavy atom. The fraction of sp³-hybridized carbons (Fsp3) is 0.480. The van der Waals surface area contributed by atoms with Crippen molar-refractivity contribution in [3.8, 4) is 5.75 Å². The number of hydrogen-bond donors (Lipinski definition) is 1. The Bertz CT molecular complexity index is 825. The smallest absolute Gasteiger partial charge is 0.224 e. The van der Waals surface area contributed by atoms with Crippen LogP contribution in [0, 0.1) is 0 Å². The van der Waals surface area contributed by atoms with Crippen molar-refractivity contribution < 1.29 is 9.53 Å². The Balaban J connectivity index is 1.40. The molecule has 0 saturated carbocycles. The molecular weight excluding hydrogens is 360 g/mol. The first-order chi connectivity index (χ1) is 14.2. The van der Waals surface area contributed by atoms with Crippen molar-refractivity contribution in [2.75, 3.05) is 26.7 Å². The third kappa shape index (κ3) is 4.99. The van der Waals surface area contributed by atoms with Gasteiger partial charge in [0.25, 0.3) is 0 Å². The average Bonchev–Trinajstić information content (AvgIpc) is 3.23. The van der Waals surface area contributed by atoms with E-state index in [4.69, 9.17) is 4.74 Å². The molecule has 4 heteroatoms. The summed E-state index contributed by atoms with van der Waals surface area (Å²) < 4.78 is 5.31. The number of hydrogen-bond acceptors (Lipinski definition) is 3. The second-order valence-corrected chi connectivity index (χ2v) is 8.32. The van der Waals surface area contributed by atoms with E-state index in [0.717, 1.165) is 30.8 Å². The van der Waals surface area contributed by atoms with Gasteiger partial charge in [0.1, 0.15) is 5.75 Å². The molecule has 4 nitrogen and oxygen atoms in total. The molecule has 0 bridgehead atoms. The lowest BCUT2D eigenvalue weighted by Gasteiger charge is -2.35. The largest absolute Gasteiger partial charge is 0.497 e. The number of nitrogens with one attached hydrogen (secondary N) is 1. The maximum atomic E-state index is 12.7. The SMILES string of the molecule is COc1ccc([C@H](CNC(=O)Cc2ccc3c(c2)CCC3)N2CCCCC2)cc1. The van der Waals surface area contributed by atoms with E-state index >= 15 is 0 Å². The number of carbonyl (C=O) groups excluding carboxylic acids is 1. The Kier molecular flexibility index (Phi) is 6.50. The summed E-state index contributed by atoms with van der Waals surface area (Å²) >= 11 is 0. The molecule has 1 aliphatic heterocycles.